The lowest BCUT2D eigenvalue weighted by molar-refractivity contribution is -0.137. The summed E-state index contributed by atoms with van der Waals surface area (Å²) in [6.07, 6.45) is 0.372. The molecule has 1 aromatic rings. The van der Waals surface area contributed by atoms with Crippen LogP contribution >= 0.6 is 0 Å². The molecule has 6 nitrogen and oxygen atoms in total. The van der Waals surface area contributed by atoms with E-state index >= 15 is 0 Å². The third kappa shape index (κ3) is 4.11. The van der Waals surface area contributed by atoms with Gasteiger partial charge in [0.1, 0.15) is 11.5 Å². The number of nitrogens with two attached hydrogens (primary N) is 1. The van der Waals surface area contributed by atoms with Crippen molar-refractivity contribution >= 4 is 5.97 Å². The molecule has 1 atom stereocenters. The Bertz CT molecular complexity index is 436. The summed E-state index contributed by atoms with van der Waals surface area (Å²) in [6.45, 7) is 0.358. The van der Waals surface area contributed by atoms with Gasteiger partial charge in [-0.25, -0.2) is 0 Å². The lowest BCUT2D eigenvalue weighted by Gasteiger charge is -2.18. The minimum Gasteiger partial charge on any atom is -0.496 e. The molecule has 112 valence electrons. The highest BCUT2D eigenvalue weighted by Gasteiger charge is 2.16. The number of hydrogen-bond donors (Lipinski definition) is 2. The Labute approximate surface area is 118 Å². The predicted molar refractivity (Wildman–Crippen MR) is 74.1 cm³/mol. The average molecular weight is 283 g/mol. The van der Waals surface area contributed by atoms with E-state index < -0.39 is 5.97 Å². The normalized spacial score (nSPS) is 12.0. The Kier molecular flexibility index (Phi) is 6.27. The van der Waals surface area contributed by atoms with Crippen LogP contribution in [-0.4, -0.2) is 32.4 Å². The van der Waals surface area contributed by atoms with E-state index in [0.29, 0.717) is 24.5 Å². The molecule has 0 aliphatic heterocycles. The molecule has 0 heterocycles. The molecule has 0 aliphatic rings. The smallest absolute Gasteiger partial charge is 0.303 e. The topological polar surface area (TPSA) is 91.0 Å². The van der Waals surface area contributed by atoms with Crippen molar-refractivity contribution in [1.82, 2.24) is 0 Å². The Morgan fingerprint density at radius 2 is 1.80 bits per heavy atom. The highest BCUT2D eigenvalue weighted by Crippen LogP contribution is 2.33. The number of methoxy groups -OCH3 is 3. The molecule has 20 heavy (non-hydrogen) atoms. The van der Waals surface area contributed by atoms with Crippen molar-refractivity contribution in [3.8, 4) is 11.5 Å². The highest BCUT2D eigenvalue weighted by atomic mass is 16.5. The number of ether oxygens (including phenoxy) is 3. The van der Waals surface area contributed by atoms with E-state index in [1.807, 2.05) is 0 Å². The fourth-order valence-corrected chi connectivity index (χ4v) is 1.95. The molecule has 1 aromatic carbocycles. The number of carboxylic acids is 1. The molecule has 0 aromatic heterocycles. The predicted octanol–water partition coefficient (Wildman–Crippen LogP) is 1.71. The summed E-state index contributed by atoms with van der Waals surface area (Å²) in [6, 6.07) is 3.21. The van der Waals surface area contributed by atoms with Crippen molar-refractivity contribution in [2.24, 2.45) is 5.73 Å². The molecular weight excluding hydrogens is 262 g/mol. The first kappa shape index (κ1) is 16.3. The quantitative estimate of drug-likeness (QED) is 0.754. The van der Waals surface area contributed by atoms with Crippen LogP contribution in [-0.2, 0) is 16.1 Å². The molecule has 1 unspecified atom stereocenters. The first-order valence-electron chi connectivity index (χ1n) is 6.24. The molecule has 0 saturated heterocycles. The van der Waals surface area contributed by atoms with Gasteiger partial charge in [-0.3, -0.25) is 4.79 Å². The minimum absolute atomic E-state index is 0.0195. The first-order chi connectivity index (χ1) is 9.53. The zero-order valence-corrected chi connectivity index (χ0v) is 12.0. The second-order valence-electron chi connectivity index (χ2n) is 4.38. The maximum atomic E-state index is 10.6. The van der Waals surface area contributed by atoms with E-state index in [9.17, 15) is 4.79 Å². The van der Waals surface area contributed by atoms with Crippen LogP contribution in [0.3, 0.4) is 0 Å². The first-order valence-corrected chi connectivity index (χ1v) is 6.24. The second-order valence-corrected chi connectivity index (χ2v) is 4.38. The number of rotatable bonds is 8. The van der Waals surface area contributed by atoms with Crippen LogP contribution in [0.1, 0.15) is 30.0 Å². The van der Waals surface area contributed by atoms with E-state index in [0.717, 1.165) is 11.1 Å². The van der Waals surface area contributed by atoms with Gasteiger partial charge in [0.25, 0.3) is 0 Å². The SMILES string of the molecule is COCc1c(OC)cc(C(N)CCC(=O)O)cc1OC. The van der Waals surface area contributed by atoms with Crippen molar-refractivity contribution in [2.75, 3.05) is 21.3 Å². The van der Waals surface area contributed by atoms with Crippen LogP contribution in [0.25, 0.3) is 0 Å². The second kappa shape index (κ2) is 7.72. The molecule has 0 radical (unpaired) electrons. The van der Waals surface area contributed by atoms with E-state index in [-0.39, 0.29) is 12.5 Å². The Morgan fingerprint density at radius 3 is 2.20 bits per heavy atom. The number of benzene rings is 1. The van der Waals surface area contributed by atoms with Crippen molar-refractivity contribution in [2.45, 2.75) is 25.5 Å². The summed E-state index contributed by atoms with van der Waals surface area (Å²) < 4.78 is 15.8. The van der Waals surface area contributed by atoms with Crippen LogP contribution in [0.2, 0.25) is 0 Å². The fraction of sp³-hybridized carbons (Fsp3) is 0.500. The minimum atomic E-state index is -0.865. The molecule has 0 spiro atoms. The molecule has 6 heteroatoms. The van der Waals surface area contributed by atoms with Gasteiger partial charge >= 0.3 is 5.97 Å². The third-order valence-corrected chi connectivity index (χ3v) is 3.02. The molecule has 0 aliphatic carbocycles. The van der Waals surface area contributed by atoms with Gasteiger partial charge in [-0.05, 0) is 24.1 Å². The fourth-order valence-electron chi connectivity index (χ4n) is 1.95. The molecule has 0 saturated carbocycles. The van der Waals surface area contributed by atoms with Gasteiger partial charge in [0.15, 0.2) is 0 Å². The number of aliphatic carboxylic acids is 1. The van der Waals surface area contributed by atoms with Gasteiger partial charge < -0.3 is 25.1 Å². The van der Waals surface area contributed by atoms with Crippen LogP contribution < -0.4 is 15.2 Å². The summed E-state index contributed by atoms with van der Waals surface area (Å²) in [5.41, 5.74) is 7.58. The number of hydrogen-bond acceptors (Lipinski definition) is 5. The zero-order valence-electron chi connectivity index (χ0n) is 12.0. The average Bonchev–Trinajstić information content (AvgIpc) is 2.44. The number of carboxylic acid groups (broad SMARTS) is 1. The van der Waals surface area contributed by atoms with Crippen LogP contribution in [0.15, 0.2) is 12.1 Å². The molecule has 0 bridgehead atoms. The molecule has 0 amide bonds. The Balaban J connectivity index is 3.06. The maximum Gasteiger partial charge on any atom is 0.303 e. The van der Waals surface area contributed by atoms with Gasteiger partial charge in [-0.1, -0.05) is 0 Å². The molecule has 0 fully saturated rings. The summed E-state index contributed by atoms with van der Waals surface area (Å²) in [5, 5.41) is 8.70. The molecule has 1 rings (SSSR count). The Hall–Kier alpha value is -1.79. The Morgan fingerprint density at radius 1 is 1.25 bits per heavy atom. The van der Waals surface area contributed by atoms with E-state index in [1.165, 1.54) is 0 Å². The monoisotopic (exact) mass is 283 g/mol. The van der Waals surface area contributed by atoms with Gasteiger partial charge in [0.2, 0.25) is 0 Å². The summed E-state index contributed by atoms with van der Waals surface area (Å²) >= 11 is 0. The van der Waals surface area contributed by atoms with Crippen LogP contribution in [0.4, 0.5) is 0 Å². The van der Waals surface area contributed by atoms with Gasteiger partial charge in [0.05, 0.1) is 26.4 Å². The van der Waals surface area contributed by atoms with Gasteiger partial charge in [0, 0.05) is 19.6 Å². The summed E-state index contributed by atoms with van der Waals surface area (Å²) in [7, 11) is 4.70. The van der Waals surface area contributed by atoms with Crippen molar-refractivity contribution < 1.29 is 24.1 Å². The standard InChI is InChI=1S/C14H21NO5/c1-18-8-10-12(19-2)6-9(7-13(10)20-3)11(15)4-5-14(16)17/h6-7,11H,4-5,8,15H2,1-3H3,(H,16,17). The lowest BCUT2D eigenvalue weighted by Crippen LogP contribution is -2.13. The van der Waals surface area contributed by atoms with Gasteiger partial charge in [-0.2, -0.15) is 0 Å². The summed E-state index contributed by atoms with van der Waals surface area (Å²) in [5.74, 6) is 0.370. The number of carbonyl (C=O) groups is 1. The lowest BCUT2D eigenvalue weighted by atomic mass is 10.00. The summed E-state index contributed by atoms with van der Waals surface area (Å²) in [4.78, 5) is 10.6. The maximum absolute atomic E-state index is 10.6. The van der Waals surface area contributed by atoms with Crippen molar-refractivity contribution in [3.63, 3.8) is 0 Å². The zero-order chi connectivity index (χ0) is 15.1. The molecule has 3 N–H and O–H groups in total. The van der Waals surface area contributed by atoms with Crippen molar-refractivity contribution in [3.05, 3.63) is 23.3 Å². The van der Waals surface area contributed by atoms with Crippen LogP contribution in [0.5, 0.6) is 11.5 Å². The van der Waals surface area contributed by atoms with E-state index in [2.05, 4.69) is 0 Å². The third-order valence-electron chi connectivity index (χ3n) is 3.02. The van der Waals surface area contributed by atoms with E-state index in [1.54, 1.807) is 33.5 Å². The largest absolute Gasteiger partial charge is 0.496 e. The van der Waals surface area contributed by atoms with Crippen molar-refractivity contribution in [1.29, 1.82) is 0 Å². The highest BCUT2D eigenvalue weighted by molar-refractivity contribution is 5.66. The molecular formula is C14H21NO5. The van der Waals surface area contributed by atoms with E-state index in [4.69, 9.17) is 25.1 Å². The van der Waals surface area contributed by atoms with Crippen LogP contribution in [0, 0.1) is 0 Å². The van der Waals surface area contributed by atoms with Gasteiger partial charge in [-0.15, -0.1) is 0 Å².